The Morgan fingerprint density at radius 1 is 1.08 bits per heavy atom. The second kappa shape index (κ2) is 8.17. The third-order valence-electron chi connectivity index (χ3n) is 4.13. The molecule has 0 fully saturated rings. The fourth-order valence-electron chi connectivity index (χ4n) is 2.54. The molecular formula is C21H26O4. The van der Waals surface area contributed by atoms with E-state index < -0.39 is 12.1 Å². The molecule has 0 aromatic heterocycles. The summed E-state index contributed by atoms with van der Waals surface area (Å²) in [5, 5.41) is 19.2. The Morgan fingerprint density at radius 3 is 2.32 bits per heavy atom. The van der Waals surface area contributed by atoms with E-state index in [0.717, 1.165) is 12.0 Å². The van der Waals surface area contributed by atoms with E-state index in [9.17, 15) is 9.90 Å². The number of aliphatic hydroxyl groups is 1. The maximum Gasteiger partial charge on any atom is 0.339 e. The summed E-state index contributed by atoms with van der Waals surface area (Å²) in [4.78, 5) is 11.1. The normalized spacial score (nSPS) is 12.6. The average Bonchev–Trinajstić information content (AvgIpc) is 2.58. The van der Waals surface area contributed by atoms with Gasteiger partial charge in [0.1, 0.15) is 17.9 Å². The summed E-state index contributed by atoms with van der Waals surface area (Å²) in [7, 11) is 0. The zero-order valence-corrected chi connectivity index (χ0v) is 15.0. The van der Waals surface area contributed by atoms with E-state index in [-0.39, 0.29) is 23.3 Å². The summed E-state index contributed by atoms with van der Waals surface area (Å²) in [6, 6.07) is 14.9. The molecule has 0 bridgehead atoms. The van der Waals surface area contributed by atoms with Crippen molar-refractivity contribution in [2.75, 3.05) is 6.61 Å². The number of carbonyl (C=O) groups is 1. The first kappa shape index (κ1) is 19.0. The molecule has 0 heterocycles. The van der Waals surface area contributed by atoms with E-state index in [0.29, 0.717) is 6.42 Å². The van der Waals surface area contributed by atoms with Crippen LogP contribution in [-0.4, -0.2) is 28.9 Å². The van der Waals surface area contributed by atoms with Gasteiger partial charge >= 0.3 is 5.97 Å². The van der Waals surface area contributed by atoms with Crippen LogP contribution in [0.2, 0.25) is 0 Å². The van der Waals surface area contributed by atoms with Crippen LogP contribution in [0, 0.1) is 0 Å². The van der Waals surface area contributed by atoms with Crippen LogP contribution >= 0.6 is 0 Å². The summed E-state index contributed by atoms with van der Waals surface area (Å²) in [5.74, 6) is -0.757. The van der Waals surface area contributed by atoms with Gasteiger partial charge in [-0.1, -0.05) is 57.2 Å². The molecule has 2 aromatic carbocycles. The van der Waals surface area contributed by atoms with Gasteiger partial charge in [0.2, 0.25) is 0 Å². The lowest BCUT2D eigenvalue weighted by Gasteiger charge is -2.19. The molecule has 25 heavy (non-hydrogen) atoms. The van der Waals surface area contributed by atoms with Gasteiger partial charge in [0, 0.05) is 0 Å². The van der Waals surface area contributed by atoms with Crippen LogP contribution in [0.4, 0.5) is 0 Å². The Morgan fingerprint density at radius 2 is 1.72 bits per heavy atom. The highest BCUT2D eigenvalue weighted by Crippen LogP contribution is 2.23. The number of rotatable bonds is 7. The number of aromatic carboxylic acids is 1. The fourth-order valence-corrected chi connectivity index (χ4v) is 2.54. The van der Waals surface area contributed by atoms with Crippen LogP contribution in [0.1, 0.15) is 48.7 Å². The van der Waals surface area contributed by atoms with Crippen LogP contribution in [0.15, 0.2) is 48.5 Å². The number of carboxylic acids is 1. The lowest BCUT2D eigenvalue weighted by Crippen LogP contribution is -2.19. The third-order valence-corrected chi connectivity index (χ3v) is 4.13. The Balaban J connectivity index is 1.85. The van der Waals surface area contributed by atoms with Crippen molar-refractivity contribution < 1.29 is 19.7 Å². The first-order valence-electron chi connectivity index (χ1n) is 8.50. The third kappa shape index (κ3) is 5.61. The topological polar surface area (TPSA) is 66.8 Å². The van der Waals surface area contributed by atoms with Gasteiger partial charge < -0.3 is 14.9 Å². The maximum atomic E-state index is 11.1. The molecule has 0 amide bonds. The lowest BCUT2D eigenvalue weighted by molar-refractivity contribution is 0.0681. The van der Waals surface area contributed by atoms with Crippen molar-refractivity contribution in [2.45, 2.75) is 45.1 Å². The molecule has 0 aliphatic rings. The Hall–Kier alpha value is -2.33. The van der Waals surface area contributed by atoms with E-state index in [1.165, 1.54) is 11.6 Å². The van der Waals surface area contributed by atoms with Crippen molar-refractivity contribution in [1.82, 2.24) is 0 Å². The highest BCUT2D eigenvalue weighted by Gasteiger charge is 2.14. The van der Waals surface area contributed by atoms with Crippen LogP contribution in [0.25, 0.3) is 0 Å². The monoisotopic (exact) mass is 342 g/mol. The molecule has 2 aromatic rings. The quantitative estimate of drug-likeness (QED) is 0.796. The van der Waals surface area contributed by atoms with Gasteiger partial charge in [0.25, 0.3) is 0 Å². The molecule has 0 aliphatic heterocycles. The van der Waals surface area contributed by atoms with Crippen molar-refractivity contribution in [3.8, 4) is 5.75 Å². The minimum atomic E-state index is -1.04. The molecule has 0 saturated carbocycles. The fraction of sp³-hybridized carbons (Fsp3) is 0.381. The highest BCUT2D eigenvalue weighted by atomic mass is 16.5. The van der Waals surface area contributed by atoms with Crippen molar-refractivity contribution in [1.29, 1.82) is 0 Å². The molecule has 2 rings (SSSR count). The maximum absolute atomic E-state index is 11.1. The SMILES string of the molecule is CC(C)(C)c1ccc(CCC(O)COc2ccccc2C(=O)O)cc1. The van der Waals surface area contributed by atoms with Crippen LogP contribution in [0.3, 0.4) is 0 Å². The molecule has 1 unspecified atom stereocenters. The minimum absolute atomic E-state index is 0.0738. The van der Waals surface area contributed by atoms with Gasteiger partial charge in [-0.25, -0.2) is 4.79 Å². The van der Waals surface area contributed by atoms with Crippen molar-refractivity contribution in [3.05, 3.63) is 65.2 Å². The molecular weight excluding hydrogens is 316 g/mol. The van der Waals surface area contributed by atoms with Gasteiger partial charge in [-0.15, -0.1) is 0 Å². The zero-order valence-electron chi connectivity index (χ0n) is 15.0. The van der Waals surface area contributed by atoms with Gasteiger partial charge in [0.05, 0.1) is 6.10 Å². The molecule has 0 spiro atoms. The first-order chi connectivity index (χ1) is 11.8. The predicted molar refractivity (Wildman–Crippen MR) is 98.4 cm³/mol. The van der Waals surface area contributed by atoms with E-state index in [2.05, 4.69) is 45.0 Å². The van der Waals surface area contributed by atoms with Crippen LogP contribution in [0.5, 0.6) is 5.75 Å². The largest absolute Gasteiger partial charge is 0.490 e. The summed E-state index contributed by atoms with van der Waals surface area (Å²) < 4.78 is 5.48. The van der Waals surface area contributed by atoms with E-state index in [4.69, 9.17) is 9.84 Å². The highest BCUT2D eigenvalue weighted by molar-refractivity contribution is 5.90. The Labute approximate surface area is 149 Å². The van der Waals surface area contributed by atoms with Gasteiger partial charge in [0.15, 0.2) is 0 Å². The second-order valence-corrected chi connectivity index (χ2v) is 7.25. The van der Waals surface area contributed by atoms with Crippen molar-refractivity contribution in [3.63, 3.8) is 0 Å². The number of ether oxygens (including phenoxy) is 1. The predicted octanol–water partition coefficient (Wildman–Crippen LogP) is 4.05. The number of carboxylic acid groups (broad SMARTS) is 1. The van der Waals surface area contributed by atoms with E-state index in [1.54, 1.807) is 18.2 Å². The summed E-state index contributed by atoms with van der Waals surface area (Å²) in [6.07, 6.45) is 0.656. The molecule has 4 nitrogen and oxygen atoms in total. The molecule has 134 valence electrons. The number of aliphatic hydroxyl groups excluding tert-OH is 1. The molecule has 0 saturated heterocycles. The smallest absolute Gasteiger partial charge is 0.339 e. The Kier molecular flexibility index (Phi) is 6.21. The van der Waals surface area contributed by atoms with Crippen LogP contribution < -0.4 is 4.74 Å². The molecule has 0 radical (unpaired) electrons. The summed E-state index contributed by atoms with van der Waals surface area (Å²) >= 11 is 0. The average molecular weight is 342 g/mol. The van der Waals surface area contributed by atoms with Crippen LogP contribution in [-0.2, 0) is 11.8 Å². The van der Waals surface area contributed by atoms with Crippen molar-refractivity contribution in [2.24, 2.45) is 0 Å². The molecule has 0 aliphatic carbocycles. The zero-order chi connectivity index (χ0) is 18.4. The van der Waals surface area contributed by atoms with Crippen molar-refractivity contribution >= 4 is 5.97 Å². The number of hydrogen-bond acceptors (Lipinski definition) is 3. The summed E-state index contributed by atoms with van der Waals surface area (Å²) in [6.45, 7) is 6.61. The minimum Gasteiger partial charge on any atom is -0.490 e. The standard InChI is InChI=1S/C21H26O4/c1-21(2,3)16-11-8-15(9-12-16)10-13-17(22)14-25-19-7-5-4-6-18(19)20(23)24/h4-9,11-12,17,22H,10,13-14H2,1-3H3,(H,23,24). The first-order valence-corrected chi connectivity index (χ1v) is 8.50. The number of hydrogen-bond donors (Lipinski definition) is 2. The number of para-hydroxylation sites is 1. The van der Waals surface area contributed by atoms with Gasteiger partial charge in [-0.05, 0) is 41.5 Å². The molecule has 1 atom stereocenters. The second-order valence-electron chi connectivity index (χ2n) is 7.25. The van der Waals surface area contributed by atoms with Gasteiger partial charge in [-0.2, -0.15) is 0 Å². The van der Waals surface area contributed by atoms with Gasteiger partial charge in [-0.3, -0.25) is 0 Å². The van der Waals surface area contributed by atoms with E-state index >= 15 is 0 Å². The Bertz CT molecular complexity index is 699. The number of aryl methyl sites for hydroxylation is 1. The molecule has 4 heteroatoms. The van der Waals surface area contributed by atoms with E-state index in [1.807, 2.05) is 0 Å². The number of benzene rings is 2. The lowest BCUT2D eigenvalue weighted by atomic mass is 9.86. The summed E-state index contributed by atoms with van der Waals surface area (Å²) in [5.41, 5.74) is 2.68. The molecule has 2 N–H and O–H groups in total.